The fourth-order valence-corrected chi connectivity index (χ4v) is 2.68. The minimum Gasteiger partial charge on any atom is -0.493 e. The standard InChI is InChI=1S/C16H22INO5/c1-6-23-15(19)9-18(10(2)3)16(20)11-7-13(21-4)14(22-5)8-12(11)17/h7-8,10H,6,9H2,1-5H3. The average molecular weight is 435 g/mol. The third-order valence-corrected chi connectivity index (χ3v) is 4.09. The number of rotatable bonds is 7. The molecule has 23 heavy (non-hydrogen) atoms. The molecular formula is C16H22INO5. The maximum Gasteiger partial charge on any atom is 0.325 e. The SMILES string of the molecule is CCOC(=O)CN(C(=O)c1cc(OC)c(OC)cc1I)C(C)C. The van der Waals surface area contributed by atoms with Gasteiger partial charge in [0.2, 0.25) is 0 Å². The van der Waals surface area contributed by atoms with E-state index in [2.05, 4.69) is 22.6 Å². The van der Waals surface area contributed by atoms with Crippen LogP contribution in [-0.2, 0) is 9.53 Å². The Labute approximate surface area is 150 Å². The van der Waals surface area contributed by atoms with Crippen molar-refractivity contribution in [1.82, 2.24) is 4.90 Å². The van der Waals surface area contributed by atoms with Crippen molar-refractivity contribution in [3.63, 3.8) is 0 Å². The normalized spacial score (nSPS) is 10.4. The molecule has 128 valence electrons. The summed E-state index contributed by atoms with van der Waals surface area (Å²) in [7, 11) is 3.05. The van der Waals surface area contributed by atoms with E-state index in [0.29, 0.717) is 17.1 Å². The largest absolute Gasteiger partial charge is 0.493 e. The van der Waals surface area contributed by atoms with E-state index in [0.717, 1.165) is 3.57 Å². The van der Waals surface area contributed by atoms with E-state index in [1.54, 1.807) is 19.1 Å². The monoisotopic (exact) mass is 435 g/mol. The van der Waals surface area contributed by atoms with Crippen molar-refractivity contribution in [1.29, 1.82) is 0 Å². The first-order valence-corrected chi connectivity index (χ1v) is 8.31. The number of hydrogen-bond donors (Lipinski definition) is 0. The van der Waals surface area contributed by atoms with Crippen LogP contribution in [0, 0.1) is 3.57 Å². The Morgan fingerprint density at radius 2 is 1.74 bits per heavy atom. The molecular weight excluding hydrogens is 413 g/mol. The van der Waals surface area contributed by atoms with Gasteiger partial charge in [-0.15, -0.1) is 0 Å². The van der Waals surface area contributed by atoms with E-state index in [-0.39, 0.29) is 25.1 Å². The van der Waals surface area contributed by atoms with Gasteiger partial charge in [-0.1, -0.05) is 0 Å². The summed E-state index contributed by atoms with van der Waals surface area (Å²) < 4.78 is 16.1. The molecule has 0 unspecified atom stereocenters. The number of nitrogens with zero attached hydrogens (tertiary/aromatic N) is 1. The van der Waals surface area contributed by atoms with Gasteiger partial charge < -0.3 is 19.1 Å². The molecule has 0 aliphatic heterocycles. The molecule has 1 rings (SSSR count). The Kier molecular flexibility index (Phi) is 7.60. The maximum absolute atomic E-state index is 12.8. The van der Waals surface area contributed by atoms with Gasteiger partial charge in [-0.25, -0.2) is 0 Å². The smallest absolute Gasteiger partial charge is 0.325 e. The van der Waals surface area contributed by atoms with Gasteiger partial charge in [0.15, 0.2) is 11.5 Å². The highest BCUT2D eigenvalue weighted by molar-refractivity contribution is 14.1. The van der Waals surface area contributed by atoms with Crippen LogP contribution in [0.4, 0.5) is 0 Å². The van der Waals surface area contributed by atoms with E-state index in [1.165, 1.54) is 19.1 Å². The van der Waals surface area contributed by atoms with Crippen LogP contribution in [0.25, 0.3) is 0 Å². The molecule has 0 N–H and O–H groups in total. The van der Waals surface area contributed by atoms with Gasteiger partial charge in [-0.3, -0.25) is 9.59 Å². The second-order valence-corrected chi connectivity index (χ2v) is 6.18. The maximum atomic E-state index is 12.8. The highest BCUT2D eigenvalue weighted by Crippen LogP contribution is 2.32. The van der Waals surface area contributed by atoms with Crippen LogP contribution >= 0.6 is 22.6 Å². The van der Waals surface area contributed by atoms with Crippen LogP contribution in [0.15, 0.2) is 12.1 Å². The molecule has 0 heterocycles. The molecule has 0 fully saturated rings. The second kappa shape index (κ2) is 8.95. The van der Waals surface area contributed by atoms with Crippen molar-refractivity contribution >= 4 is 34.5 Å². The molecule has 0 saturated carbocycles. The van der Waals surface area contributed by atoms with Gasteiger partial charge >= 0.3 is 5.97 Å². The third-order valence-electron chi connectivity index (χ3n) is 3.19. The predicted molar refractivity (Wildman–Crippen MR) is 95.1 cm³/mol. The number of methoxy groups -OCH3 is 2. The van der Waals surface area contributed by atoms with Gasteiger partial charge in [0.1, 0.15) is 6.54 Å². The number of benzene rings is 1. The lowest BCUT2D eigenvalue weighted by Crippen LogP contribution is -2.41. The Balaban J connectivity index is 3.16. The Bertz CT molecular complexity index is 574. The highest BCUT2D eigenvalue weighted by Gasteiger charge is 2.25. The van der Waals surface area contributed by atoms with E-state index in [1.807, 2.05) is 13.8 Å². The molecule has 0 spiro atoms. The number of ether oxygens (including phenoxy) is 3. The molecule has 0 bridgehead atoms. The molecule has 0 aliphatic rings. The van der Waals surface area contributed by atoms with Crippen molar-refractivity contribution in [2.75, 3.05) is 27.4 Å². The lowest BCUT2D eigenvalue weighted by molar-refractivity contribution is -0.144. The van der Waals surface area contributed by atoms with E-state index < -0.39 is 5.97 Å². The van der Waals surface area contributed by atoms with Gasteiger partial charge in [-0.2, -0.15) is 0 Å². The zero-order valence-corrected chi connectivity index (χ0v) is 16.2. The van der Waals surface area contributed by atoms with Gasteiger partial charge in [-0.05, 0) is 55.5 Å². The summed E-state index contributed by atoms with van der Waals surface area (Å²) >= 11 is 2.07. The summed E-state index contributed by atoms with van der Waals surface area (Å²) in [4.78, 5) is 26.0. The van der Waals surface area contributed by atoms with Crippen molar-refractivity contribution in [3.8, 4) is 11.5 Å². The average Bonchev–Trinajstić information content (AvgIpc) is 2.51. The molecule has 0 saturated heterocycles. The van der Waals surface area contributed by atoms with E-state index in [9.17, 15) is 9.59 Å². The Morgan fingerprint density at radius 1 is 1.17 bits per heavy atom. The minimum absolute atomic E-state index is 0.0885. The predicted octanol–water partition coefficient (Wildman–Crippen LogP) is 2.72. The number of hydrogen-bond acceptors (Lipinski definition) is 5. The summed E-state index contributed by atoms with van der Waals surface area (Å²) in [6.07, 6.45) is 0. The molecule has 0 radical (unpaired) electrons. The van der Waals surface area contributed by atoms with Gasteiger partial charge in [0.25, 0.3) is 5.91 Å². The molecule has 0 aromatic heterocycles. The van der Waals surface area contributed by atoms with Crippen LogP contribution in [0.3, 0.4) is 0 Å². The summed E-state index contributed by atoms with van der Waals surface area (Å²) in [6, 6.07) is 3.22. The van der Waals surface area contributed by atoms with Crippen molar-refractivity contribution in [2.45, 2.75) is 26.8 Å². The van der Waals surface area contributed by atoms with Crippen LogP contribution in [-0.4, -0.2) is 50.2 Å². The molecule has 0 aliphatic carbocycles. The molecule has 6 nitrogen and oxygen atoms in total. The molecule has 1 amide bonds. The topological polar surface area (TPSA) is 65.1 Å². The first-order valence-electron chi connectivity index (χ1n) is 7.23. The van der Waals surface area contributed by atoms with Crippen molar-refractivity contribution in [2.24, 2.45) is 0 Å². The lowest BCUT2D eigenvalue weighted by atomic mass is 10.1. The number of esters is 1. The zero-order valence-electron chi connectivity index (χ0n) is 14.0. The van der Waals surface area contributed by atoms with E-state index in [4.69, 9.17) is 14.2 Å². The Hall–Kier alpha value is -1.51. The summed E-state index contributed by atoms with van der Waals surface area (Å²) in [5, 5.41) is 0. The van der Waals surface area contributed by atoms with Crippen LogP contribution in [0.5, 0.6) is 11.5 Å². The fraction of sp³-hybridized carbons (Fsp3) is 0.500. The summed E-state index contributed by atoms with van der Waals surface area (Å²) in [6.45, 7) is 5.63. The van der Waals surface area contributed by atoms with Crippen LogP contribution in [0.2, 0.25) is 0 Å². The quantitative estimate of drug-likeness (QED) is 0.487. The third kappa shape index (κ3) is 4.98. The molecule has 1 aromatic carbocycles. The number of halogens is 1. The van der Waals surface area contributed by atoms with Crippen LogP contribution in [0.1, 0.15) is 31.1 Å². The minimum atomic E-state index is -0.426. The number of amides is 1. The first-order chi connectivity index (χ1) is 10.8. The number of carbonyl (C=O) groups excluding carboxylic acids is 2. The van der Waals surface area contributed by atoms with Gasteiger partial charge in [0, 0.05) is 9.61 Å². The summed E-state index contributed by atoms with van der Waals surface area (Å²) in [5.74, 6) is 0.342. The van der Waals surface area contributed by atoms with Crippen molar-refractivity contribution in [3.05, 3.63) is 21.3 Å². The highest BCUT2D eigenvalue weighted by atomic mass is 127. The van der Waals surface area contributed by atoms with E-state index >= 15 is 0 Å². The lowest BCUT2D eigenvalue weighted by Gasteiger charge is -2.26. The number of carbonyl (C=O) groups is 2. The van der Waals surface area contributed by atoms with Crippen LogP contribution < -0.4 is 9.47 Å². The van der Waals surface area contributed by atoms with Crippen molar-refractivity contribution < 1.29 is 23.8 Å². The Morgan fingerprint density at radius 3 is 2.22 bits per heavy atom. The second-order valence-electron chi connectivity index (χ2n) is 5.02. The van der Waals surface area contributed by atoms with Gasteiger partial charge in [0.05, 0.1) is 26.4 Å². The molecule has 1 aromatic rings. The molecule has 0 atom stereocenters. The zero-order chi connectivity index (χ0) is 17.6. The summed E-state index contributed by atoms with van der Waals surface area (Å²) in [5.41, 5.74) is 0.459. The first kappa shape index (κ1) is 19.5. The molecule has 7 heteroatoms. The fourth-order valence-electron chi connectivity index (χ4n) is 2.01.